The number of benzene rings is 2. The molecular weight excluding hydrogens is 310 g/mol. The zero-order chi connectivity index (χ0) is 18.6. The molecule has 0 bridgehead atoms. The summed E-state index contributed by atoms with van der Waals surface area (Å²) in [4.78, 5) is 12.5. The number of aryl methyl sites for hydroxylation is 2. The van der Waals surface area contributed by atoms with Gasteiger partial charge >= 0.3 is 0 Å². The molecule has 0 aliphatic rings. The summed E-state index contributed by atoms with van der Waals surface area (Å²) in [5, 5.41) is 3.05. The van der Waals surface area contributed by atoms with E-state index in [-0.39, 0.29) is 11.9 Å². The summed E-state index contributed by atoms with van der Waals surface area (Å²) in [5.74, 6) is 1.02. The largest absolute Gasteiger partial charge is 0.481 e. The van der Waals surface area contributed by atoms with Gasteiger partial charge in [-0.25, -0.2) is 0 Å². The summed E-state index contributed by atoms with van der Waals surface area (Å²) in [6, 6.07) is 14.1. The molecule has 2 aromatic carbocycles. The van der Waals surface area contributed by atoms with E-state index < -0.39 is 6.10 Å². The minimum atomic E-state index is -0.547. The van der Waals surface area contributed by atoms with Crippen LogP contribution in [0.1, 0.15) is 61.9 Å². The van der Waals surface area contributed by atoms with Gasteiger partial charge < -0.3 is 10.1 Å². The summed E-state index contributed by atoms with van der Waals surface area (Å²) >= 11 is 0. The Morgan fingerprint density at radius 2 is 1.64 bits per heavy atom. The maximum atomic E-state index is 12.5. The van der Waals surface area contributed by atoms with Crippen LogP contribution >= 0.6 is 0 Å². The second-order valence-corrected chi connectivity index (χ2v) is 7.03. The Kier molecular flexibility index (Phi) is 6.24. The monoisotopic (exact) mass is 339 g/mol. The lowest BCUT2D eigenvalue weighted by Gasteiger charge is -2.21. The average Bonchev–Trinajstić information content (AvgIpc) is 2.57. The molecular formula is C22H29NO2. The molecule has 0 aliphatic carbocycles. The summed E-state index contributed by atoms with van der Waals surface area (Å²) in [7, 11) is 0. The smallest absolute Gasteiger partial charge is 0.261 e. The number of hydrogen-bond acceptors (Lipinski definition) is 2. The molecule has 0 aromatic heterocycles. The van der Waals surface area contributed by atoms with Gasteiger partial charge in [0.2, 0.25) is 0 Å². The molecule has 0 saturated heterocycles. The van der Waals surface area contributed by atoms with Crippen molar-refractivity contribution in [2.24, 2.45) is 0 Å². The summed E-state index contributed by atoms with van der Waals surface area (Å²) in [5.41, 5.74) is 4.70. The normalized spacial score (nSPS) is 13.4. The number of carbonyl (C=O) groups is 1. The first-order chi connectivity index (χ1) is 11.8. The van der Waals surface area contributed by atoms with Crippen LogP contribution in [0.3, 0.4) is 0 Å². The topological polar surface area (TPSA) is 38.3 Å². The fourth-order valence-corrected chi connectivity index (χ4v) is 2.76. The molecule has 3 nitrogen and oxygen atoms in total. The van der Waals surface area contributed by atoms with Crippen molar-refractivity contribution in [2.75, 3.05) is 0 Å². The summed E-state index contributed by atoms with van der Waals surface area (Å²) in [6.45, 7) is 12.2. The van der Waals surface area contributed by atoms with Gasteiger partial charge in [0.15, 0.2) is 6.10 Å². The van der Waals surface area contributed by atoms with Gasteiger partial charge in [0.25, 0.3) is 5.91 Å². The minimum Gasteiger partial charge on any atom is -0.481 e. The van der Waals surface area contributed by atoms with E-state index in [2.05, 4.69) is 51.2 Å². The third-order valence-corrected chi connectivity index (χ3v) is 4.60. The Bertz CT molecular complexity index is 737. The maximum Gasteiger partial charge on any atom is 0.261 e. The van der Waals surface area contributed by atoms with Crippen LogP contribution in [0.15, 0.2) is 42.5 Å². The van der Waals surface area contributed by atoms with Crippen LogP contribution in [-0.2, 0) is 4.79 Å². The molecule has 1 N–H and O–H groups in total. The zero-order valence-electron chi connectivity index (χ0n) is 16.1. The van der Waals surface area contributed by atoms with Crippen LogP contribution in [-0.4, -0.2) is 12.0 Å². The number of carbonyl (C=O) groups excluding carboxylic acids is 1. The van der Waals surface area contributed by atoms with Crippen molar-refractivity contribution in [3.05, 3.63) is 64.7 Å². The molecule has 0 saturated carbocycles. The number of nitrogens with one attached hydrogen (secondary N) is 1. The van der Waals surface area contributed by atoms with Gasteiger partial charge in [-0.1, -0.05) is 50.2 Å². The molecule has 0 fully saturated rings. The Morgan fingerprint density at radius 3 is 2.28 bits per heavy atom. The highest BCUT2D eigenvalue weighted by molar-refractivity contribution is 5.81. The van der Waals surface area contributed by atoms with E-state index in [1.165, 1.54) is 11.1 Å². The predicted octanol–water partition coefficient (Wildman–Crippen LogP) is 5.07. The number of hydrogen-bond donors (Lipinski definition) is 1. The Hall–Kier alpha value is -2.29. The summed E-state index contributed by atoms with van der Waals surface area (Å²) < 4.78 is 5.94. The lowest BCUT2D eigenvalue weighted by atomic mass is 10.0. The van der Waals surface area contributed by atoms with E-state index in [1.807, 2.05) is 31.2 Å². The lowest BCUT2D eigenvalue weighted by molar-refractivity contribution is -0.127. The van der Waals surface area contributed by atoms with Crippen molar-refractivity contribution in [3.63, 3.8) is 0 Å². The molecule has 0 spiro atoms. The fourth-order valence-electron chi connectivity index (χ4n) is 2.76. The van der Waals surface area contributed by atoms with Crippen molar-refractivity contribution >= 4 is 5.91 Å². The molecule has 1 amide bonds. The van der Waals surface area contributed by atoms with Crippen LogP contribution < -0.4 is 10.1 Å². The van der Waals surface area contributed by atoms with Gasteiger partial charge in [-0.05, 0) is 61.9 Å². The van der Waals surface area contributed by atoms with Crippen LogP contribution in [0.25, 0.3) is 0 Å². The molecule has 0 unspecified atom stereocenters. The second-order valence-electron chi connectivity index (χ2n) is 7.03. The van der Waals surface area contributed by atoms with Gasteiger partial charge in [-0.15, -0.1) is 0 Å². The molecule has 3 heteroatoms. The fraction of sp³-hybridized carbons (Fsp3) is 0.409. The van der Waals surface area contributed by atoms with Crippen molar-refractivity contribution in [3.8, 4) is 5.75 Å². The van der Waals surface area contributed by atoms with E-state index >= 15 is 0 Å². The van der Waals surface area contributed by atoms with Crippen LogP contribution in [0.2, 0.25) is 0 Å². The molecule has 0 aliphatic heterocycles. The number of ether oxygens (including phenoxy) is 1. The predicted molar refractivity (Wildman–Crippen MR) is 103 cm³/mol. The van der Waals surface area contributed by atoms with E-state index in [1.54, 1.807) is 6.92 Å². The third kappa shape index (κ3) is 4.85. The molecule has 2 atom stereocenters. The van der Waals surface area contributed by atoms with Gasteiger partial charge in [-0.2, -0.15) is 0 Å². The quantitative estimate of drug-likeness (QED) is 0.798. The minimum absolute atomic E-state index is 0.0572. The molecule has 0 radical (unpaired) electrons. The number of amides is 1. The van der Waals surface area contributed by atoms with Gasteiger partial charge in [0.1, 0.15) is 5.75 Å². The molecule has 2 aromatic rings. The summed E-state index contributed by atoms with van der Waals surface area (Å²) in [6.07, 6.45) is -0.547. The van der Waals surface area contributed by atoms with Gasteiger partial charge in [0, 0.05) is 0 Å². The van der Waals surface area contributed by atoms with Crippen LogP contribution in [0, 0.1) is 13.8 Å². The molecule has 0 heterocycles. The zero-order valence-corrected chi connectivity index (χ0v) is 16.1. The van der Waals surface area contributed by atoms with Crippen molar-refractivity contribution in [1.82, 2.24) is 5.32 Å². The van der Waals surface area contributed by atoms with Crippen LogP contribution in [0.4, 0.5) is 0 Å². The van der Waals surface area contributed by atoms with Crippen molar-refractivity contribution in [2.45, 2.75) is 59.6 Å². The molecule has 25 heavy (non-hydrogen) atoms. The SMILES string of the molecule is Cc1ccc([C@@H](C)NC(=O)[C@@H](C)Oc2ccccc2C(C)C)cc1C. The number of para-hydroxylation sites is 1. The first-order valence-corrected chi connectivity index (χ1v) is 8.92. The van der Waals surface area contributed by atoms with Crippen molar-refractivity contribution < 1.29 is 9.53 Å². The average molecular weight is 339 g/mol. The standard InChI is InChI=1S/C22H29NO2/c1-14(2)20-9-7-8-10-21(20)25-18(6)22(24)23-17(5)19-12-11-15(3)16(4)13-19/h7-14,17-18H,1-6H3,(H,23,24)/t17-,18-/m1/s1. The third-order valence-electron chi connectivity index (χ3n) is 4.60. The highest BCUT2D eigenvalue weighted by atomic mass is 16.5. The maximum absolute atomic E-state index is 12.5. The Morgan fingerprint density at radius 1 is 0.960 bits per heavy atom. The number of rotatable bonds is 6. The molecule has 134 valence electrons. The highest BCUT2D eigenvalue weighted by Crippen LogP contribution is 2.27. The van der Waals surface area contributed by atoms with Crippen molar-refractivity contribution in [1.29, 1.82) is 0 Å². The first kappa shape index (κ1) is 19.0. The van der Waals surface area contributed by atoms with E-state index in [0.29, 0.717) is 5.92 Å². The Labute approximate surface area is 151 Å². The van der Waals surface area contributed by atoms with E-state index in [0.717, 1.165) is 16.9 Å². The van der Waals surface area contributed by atoms with E-state index in [9.17, 15) is 4.79 Å². The first-order valence-electron chi connectivity index (χ1n) is 8.92. The second kappa shape index (κ2) is 8.19. The highest BCUT2D eigenvalue weighted by Gasteiger charge is 2.19. The van der Waals surface area contributed by atoms with Gasteiger partial charge in [-0.3, -0.25) is 4.79 Å². The van der Waals surface area contributed by atoms with Crippen LogP contribution in [0.5, 0.6) is 5.75 Å². The molecule has 2 rings (SSSR count). The van der Waals surface area contributed by atoms with Gasteiger partial charge in [0.05, 0.1) is 6.04 Å². The van der Waals surface area contributed by atoms with E-state index in [4.69, 9.17) is 4.74 Å². The Balaban J connectivity index is 2.04. The lowest BCUT2D eigenvalue weighted by Crippen LogP contribution is -2.38.